The summed E-state index contributed by atoms with van der Waals surface area (Å²) in [7, 11) is 0. The zero-order valence-corrected chi connectivity index (χ0v) is 9.09. The molecule has 15 heavy (non-hydrogen) atoms. The molecular weight excluding hydrogens is 184 g/mol. The fourth-order valence-electron chi connectivity index (χ4n) is 1.35. The molecule has 0 aromatic heterocycles. The summed E-state index contributed by atoms with van der Waals surface area (Å²) in [6.07, 6.45) is 4.00. The molecule has 1 N–H and O–H groups in total. The van der Waals surface area contributed by atoms with Crippen LogP contribution in [0, 0.1) is 18.3 Å². The van der Waals surface area contributed by atoms with Gasteiger partial charge in [-0.15, -0.1) is 6.58 Å². The zero-order chi connectivity index (χ0) is 11.1. The number of unbranched alkanes of at least 4 members (excludes halogenated alkanes) is 1. The Morgan fingerprint density at radius 2 is 2.33 bits per heavy atom. The monoisotopic (exact) mass is 200 g/mol. The third-order valence-electron chi connectivity index (χ3n) is 2.27. The zero-order valence-electron chi connectivity index (χ0n) is 9.09. The molecule has 0 amide bonds. The minimum Gasteiger partial charge on any atom is -0.385 e. The third kappa shape index (κ3) is 3.47. The van der Waals surface area contributed by atoms with Crippen molar-refractivity contribution in [3.8, 4) is 6.07 Å². The van der Waals surface area contributed by atoms with Gasteiger partial charge in [0.25, 0.3) is 0 Å². The maximum absolute atomic E-state index is 8.77. The van der Waals surface area contributed by atoms with Crippen LogP contribution in [0.15, 0.2) is 30.9 Å². The molecule has 1 rings (SSSR count). The van der Waals surface area contributed by atoms with E-state index >= 15 is 0 Å². The molecule has 2 nitrogen and oxygen atoms in total. The molecule has 0 heterocycles. The predicted molar refractivity (Wildman–Crippen MR) is 63.8 cm³/mol. The molecule has 1 aromatic rings. The van der Waals surface area contributed by atoms with E-state index in [0.717, 1.165) is 25.1 Å². The average Bonchev–Trinajstić information content (AvgIpc) is 2.26. The van der Waals surface area contributed by atoms with Gasteiger partial charge in [0, 0.05) is 12.2 Å². The first-order valence-electron chi connectivity index (χ1n) is 5.13. The summed E-state index contributed by atoms with van der Waals surface area (Å²) in [5, 5.41) is 12.1. The van der Waals surface area contributed by atoms with Crippen LogP contribution in [-0.4, -0.2) is 6.54 Å². The van der Waals surface area contributed by atoms with Crippen molar-refractivity contribution in [3.63, 3.8) is 0 Å². The first-order chi connectivity index (χ1) is 7.27. The number of hydrogen-bond donors (Lipinski definition) is 1. The molecule has 0 radical (unpaired) electrons. The Balaban J connectivity index is 2.59. The third-order valence-corrected chi connectivity index (χ3v) is 2.27. The lowest BCUT2D eigenvalue weighted by Gasteiger charge is -2.08. The van der Waals surface area contributed by atoms with Crippen molar-refractivity contribution >= 4 is 5.69 Å². The van der Waals surface area contributed by atoms with E-state index in [2.05, 4.69) is 18.0 Å². The molecule has 0 aliphatic heterocycles. The second-order valence-corrected chi connectivity index (χ2v) is 3.50. The van der Waals surface area contributed by atoms with Gasteiger partial charge in [0.2, 0.25) is 0 Å². The van der Waals surface area contributed by atoms with Gasteiger partial charge in [-0.05, 0) is 37.5 Å². The summed E-state index contributed by atoms with van der Waals surface area (Å²) in [6, 6.07) is 7.84. The summed E-state index contributed by atoms with van der Waals surface area (Å²) in [5.74, 6) is 0. The molecular formula is C13H16N2. The van der Waals surface area contributed by atoms with Gasteiger partial charge in [-0.25, -0.2) is 0 Å². The van der Waals surface area contributed by atoms with Crippen LogP contribution >= 0.6 is 0 Å². The second-order valence-electron chi connectivity index (χ2n) is 3.50. The van der Waals surface area contributed by atoms with Gasteiger partial charge in [-0.2, -0.15) is 5.26 Å². The summed E-state index contributed by atoms with van der Waals surface area (Å²) in [5.41, 5.74) is 2.93. The predicted octanol–water partition coefficient (Wildman–Crippen LogP) is 3.24. The highest BCUT2D eigenvalue weighted by Gasteiger charge is 1.98. The topological polar surface area (TPSA) is 35.8 Å². The lowest BCUT2D eigenvalue weighted by molar-refractivity contribution is 0.890. The van der Waals surface area contributed by atoms with E-state index in [0.29, 0.717) is 5.56 Å². The van der Waals surface area contributed by atoms with Gasteiger partial charge in [0.15, 0.2) is 0 Å². The Morgan fingerprint density at radius 1 is 1.53 bits per heavy atom. The van der Waals surface area contributed by atoms with E-state index in [9.17, 15) is 0 Å². The van der Waals surface area contributed by atoms with Crippen molar-refractivity contribution in [1.29, 1.82) is 5.26 Å². The van der Waals surface area contributed by atoms with Crippen molar-refractivity contribution in [2.75, 3.05) is 11.9 Å². The number of anilines is 1. The standard InChI is InChI=1S/C13H16N2/c1-3-4-5-8-15-13-9-12(10-14)7-6-11(13)2/h3,6-7,9,15H,1,4-5,8H2,2H3. The maximum atomic E-state index is 8.77. The minimum absolute atomic E-state index is 0.701. The summed E-state index contributed by atoms with van der Waals surface area (Å²) < 4.78 is 0. The van der Waals surface area contributed by atoms with Crippen LogP contribution in [0.4, 0.5) is 5.69 Å². The van der Waals surface area contributed by atoms with E-state index < -0.39 is 0 Å². The SMILES string of the molecule is C=CCCCNc1cc(C#N)ccc1C. The molecule has 0 spiro atoms. The van der Waals surface area contributed by atoms with E-state index in [-0.39, 0.29) is 0 Å². The van der Waals surface area contributed by atoms with Crippen molar-refractivity contribution in [2.24, 2.45) is 0 Å². The molecule has 0 bridgehead atoms. The minimum atomic E-state index is 0.701. The van der Waals surface area contributed by atoms with Crippen LogP contribution in [0.5, 0.6) is 0 Å². The van der Waals surface area contributed by atoms with Gasteiger partial charge < -0.3 is 5.32 Å². The first kappa shape index (κ1) is 11.3. The van der Waals surface area contributed by atoms with E-state index in [1.165, 1.54) is 5.56 Å². The highest BCUT2D eigenvalue weighted by molar-refractivity contribution is 5.55. The normalized spacial score (nSPS) is 9.33. The fourth-order valence-corrected chi connectivity index (χ4v) is 1.35. The Hall–Kier alpha value is -1.75. The van der Waals surface area contributed by atoms with E-state index in [1.54, 1.807) is 0 Å². The molecule has 0 saturated carbocycles. The molecule has 0 fully saturated rings. The highest BCUT2D eigenvalue weighted by atomic mass is 14.9. The number of hydrogen-bond acceptors (Lipinski definition) is 2. The maximum Gasteiger partial charge on any atom is 0.0992 e. The molecule has 78 valence electrons. The van der Waals surface area contributed by atoms with Crippen molar-refractivity contribution in [2.45, 2.75) is 19.8 Å². The molecule has 0 unspecified atom stereocenters. The van der Waals surface area contributed by atoms with Gasteiger partial charge in [0.05, 0.1) is 11.6 Å². The smallest absolute Gasteiger partial charge is 0.0992 e. The number of rotatable bonds is 5. The molecule has 0 aliphatic rings. The van der Waals surface area contributed by atoms with E-state index in [4.69, 9.17) is 5.26 Å². The van der Waals surface area contributed by atoms with Gasteiger partial charge in [0.1, 0.15) is 0 Å². The van der Waals surface area contributed by atoms with Gasteiger partial charge >= 0.3 is 0 Å². The first-order valence-corrected chi connectivity index (χ1v) is 5.13. The summed E-state index contributed by atoms with van der Waals surface area (Å²) in [6.45, 7) is 6.64. The average molecular weight is 200 g/mol. The molecule has 0 aliphatic carbocycles. The Labute approximate surface area is 91.2 Å². The Morgan fingerprint density at radius 3 is 3.00 bits per heavy atom. The quantitative estimate of drug-likeness (QED) is 0.585. The summed E-state index contributed by atoms with van der Waals surface area (Å²) in [4.78, 5) is 0. The van der Waals surface area contributed by atoms with E-state index in [1.807, 2.05) is 31.2 Å². The highest BCUT2D eigenvalue weighted by Crippen LogP contribution is 2.16. The molecule has 1 aromatic carbocycles. The van der Waals surface area contributed by atoms with Crippen LogP contribution < -0.4 is 5.32 Å². The number of allylic oxidation sites excluding steroid dienone is 1. The second kappa shape index (κ2) is 5.87. The van der Waals surface area contributed by atoms with Crippen LogP contribution in [-0.2, 0) is 0 Å². The lowest BCUT2D eigenvalue weighted by Crippen LogP contribution is -2.02. The number of nitriles is 1. The summed E-state index contributed by atoms with van der Waals surface area (Å²) >= 11 is 0. The fraction of sp³-hybridized carbons (Fsp3) is 0.308. The number of nitrogens with one attached hydrogen (secondary N) is 1. The molecule has 0 saturated heterocycles. The van der Waals surface area contributed by atoms with Crippen molar-refractivity contribution in [3.05, 3.63) is 42.0 Å². The number of benzene rings is 1. The van der Waals surface area contributed by atoms with Crippen molar-refractivity contribution < 1.29 is 0 Å². The number of aryl methyl sites for hydroxylation is 1. The molecule has 0 atom stereocenters. The lowest BCUT2D eigenvalue weighted by atomic mass is 10.1. The van der Waals surface area contributed by atoms with Crippen LogP contribution in [0.3, 0.4) is 0 Å². The van der Waals surface area contributed by atoms with Crippen LogP contribution in [0.25, 0.3) is 0 Å². The van der Waals surface area contributed by atoms with Crippen molar-refractivity contribution in [1.82, 2.24) is 0 Å². The Kier molecular flexibility index (Phi) is 4.43. The van der Waals surface area contributed by atoms with Gasteiger partial charge in [-0.3, -0.25) is 0 Å². The molecule has 2 heteroatoms. The largest absolute Gasteiger partial charge is 0.385 e. The number of nitrogens with zero attached hydrogens (tertiary/aromatic N) is 1. The van der Waals surface area contributed by atoms with Crippen LogP contribution in [0.1, 0.15) is 24.0 Å². The van der Waals surface area contributed by atoms with Crippen LogP contribution in [0.2, 0.25) is 0 Å². The Bertz CT molecular complexity index is 375. The van der Waals surface area contributed by atoms with Gasteiger partial charge in [-0.1, -0.05) is 12.1 Å².